The summed E-state index contributed by atoms with van der Waals surface area (Å²) in [4.78, 5) is 26.1. The Bertz CT molecular complexity index is 801. The lowest BCUT2D eigenvalue weighted by atomic mass is 10.3. The van der Waals surface area contributed by atoms with E-state index in [1.165, 1.54) is 31.3 Å². The van der Waals surface area contributed by atoms with Crippen LogP contribution in [0.5, 0.6) is 5.75 Å². The van der Waals surface area contributed by atoms with Crippen molar-refractivity contribution in [2.75, 3.05) is 5.32 Å². The average molecular weight is 391 g/mol. The maximum atomic E-state index is 12.1. The van der Waals surface area contributed by atoms with Crippen molar-refractivity contribution in [3.8, 4) is 5.75 Å². The van der Waals surface area contributed by atoms with Gasteiger partial charge < -0.3 is 10.1 Å². The molecule has 7 nitrogen and oxygen atoms in total. The van der Waals surface area contributed by atoms with Crippen LogP contribution in [-0.4, -0.2) is 21.9 Å². The van der Waals surface area contributed by atoms with E-state index in [1.54, 1.807) is 0 Å². The number of ether oxygens (including phenoxy) is 1. The maximum absolute atomic E-state index is 12.1. The number of nitro groups is 1. The standard InChI is InChI=1S/C14H10Cl3N3O4/c1-7(14(21)19-13-11(17)4-8(15)6-18-13)24-12-3-2-9(20(22)23)5-10(12)16/h2-7H,1H3,(H,18,19,21)/t7-/m1/s1. The van der Waals surface area contributed by atoms with Crippen LogP contribution in [0.1, 0.15) is 6.92 Å². The van der Waals surface area contributed by atoms with E-state index in [4.69, 9.17) is 39.5 Å². The lowest BCUT2D eigenvalue weighted by Crippen LogP contribution is -2.30. The van der Waals surface area contributed by atoms with Crippen LogP contribution in [0.25, 0.3) is 0 Å². The number of aromatic nitrogens is 1. The molecule has 10 heteroatoms. The third kappa shape index (κ3) is 4.47. The van der Waals surface area contributed by atoms with Gasteiger partial charge in [0, 0.05) is 18.3 Å². The van der Waals surface area contributed by atoms with E-state index >= 15 is 0 Å². The Morgan fingerprint density at radius 2 is 2.00 bits per heavy atom. The summed E-state index contributed by atoms with van der Waals surface area (Å²) in [5.41, 5.74) is -0.179. The monoisotopic (exact) mass is 389 g/mol. The van der Waals surface area contributed by atoms with Gasteiger partial charge in [-0.2, -0.15) is 0 Å². The predicted octanol–water partition coefficient (Wildman–Crippen LogP) is 4.36. The minimum absolute atomic E-state index is 0.0199. The zero-order valence-electron chi connectivity index (χ0n) is 12.1. The summed E-state index contributed by atoms with van der Waals surface area (Å²) in [6.07, 6.45) is 0.388. The van der Waals surface area contributed by atoms with Gasteiger partial charge in [0.1, 0.15) is 5.75 Å². The van der Waals surface area contributed by atoms with Crippen LogP contribution in [0.2, 0.25) is 15.1 Å². The molecule has 1 heterocycles. The minimum atomic E-state index is -0.947. The molecule has 0 spiro atoms. The van der Waals surface area contributed by atoms with E-state index in [0.29, 0.717) is 5.02 Å². The number of hydrogen-bond donors (Lipinski definition) is 1. The Morgan fingerprint density at radius 3 is 2.58 bits per heavy atom. The fourth-order valence-corrected chi connectivity index (χ4v) is 2.31. The number of carbonyl (C=O) groups is 1. The van der Waals surface area contributed by atoms with Crippen molar-refractivity contribution in [1.29, 1.82) is 0 Å². The number of carbonyl (C=O) groups excluding carboxylic acids is 1. The third-order valence-electron chi connectivity index (χ3n) is 2.85. The number of hydrogen-bond acceptors (Lipinski definition) is 5. The van der Waals surface area contributed by atoms with Crippen LogP contribution < -0.4 is 10.1 Å². The van der Waals surface area contributed by atoms with Gasteiger partial charge in [0.25, 0.3) is 11.6 Å². The number of nitrogens with one attached hydrogen (secondary N) is 1. The van der Waals surface area contributed by atoms with Crippen molar-refractivity contribution in [1.82, 2.24) is 4.98 Å². The van der Waals surface area contributed by atoms with Crippen LogP contribution in [0.3, 0.4) is 0 Å². The van der Waals surface area contributed by atoms with Crippen LogP contribution in [0.4, 0.5) is 11.5 Å². The number of halogens is 3. The number of amides is 1. The lowest BCUT2D eigenvalue weighted by molar-refractivity contribution is -0.384. The molecular formula is C14H10Cl3N3O4. The van der Waals surface area contributed by atoms with Crippen molar-refractivity contribution in [3.63, 3.8) is 0 Å². The Balaban J connectivity index is 2.07. The van der Waals surface area contributed by atoms with Crippen molar-refractivity contribution in [2.24, 2.45) is 0 Å². The first-order valence-corrected chi connectivity index (χ1v) is 7.64. The van der Waals surface area contributed by atoms with Crippen molar-refractivity contribution in [2.45, 2.75) is 13.0 Å². The molecule has 0 saturated carbocycles. The van der Waals surface area contributed by atoms with Crippen LogP contribution in [0.15, 0.2) is 30.5 Å². The van der Waals surface area contributed by atoms with E-state index in [0.717, 1.165) is 6.07 Å². The molecule has 1 aromatic carbocycles. The number of non-ortho nitro benzene ring substituents is 1. The van der Waals surface area contributed by atoms with Gasteiger partial charge in [0.2, 0.25) is 0 Å². The molecule has 1 amide bonds. The summed E-state index contributed by atoms with van der Waals surface area (Å²) in [5, 5.41) is 13.7. The molecule has 0 radical (unpaired) electrons. The zero-order valence-corrected chi connectivity index (χ0v) is 14.4. The Morgan fingerprint density at radius 1 is 1.29 bits per heavy atom. The molecule has 0 saturated heterocycles. The molecule has 1 atom stereocenters. The number of nitrogens with zero attached hydrogens (tertiary/aromatic N) is 2. The molecule has 126 valence electrons. The van der Waals surface area contributed by atoms with Crippen molar-refractivity contribution in [3.05, 3.63) is 55.6 Å². The fourth-order valence-electron chi connectivity index (χ4n) is 1.67. The number of anilines is 1. The number of nitro benzene ring substituents is 1. The normalized spacial score (nSPS) is 11.7. The van der Waals surface area contributed by atoms with E-state index in [9.17, 15) is 14.9 Å². The zero-order chi connectivity index (χ0) is 17.9. The molecular weight excluding hydrogens is 381 g/mol. The second-order valence-corrected chi connectivity index (χ2v) is 5.86. The Hall–Kier alpha value is -2.09. The molecule has 0 aliphatic rings. The average Bonchev–Trinajstić information content (AvgIpc) is 2.51. The molecule has 2 aromatic rings. The highest BCUT2D eigenvalue weighted by molar-refractivity contribution is 6.36. The first-order chi connectivity index (χ1) is 11.3. The second-order valence-electron chi connectivity index (χ2n) is 4.61. The summed E-state index contributed by atoms with van der Waals surface area (Å²) < 4.78 is 5.41. The highest BCUT2D eigenvalue weighted by Crippen LogP contribution is 2.29. The van der Waals surface area contributed by atoms with Gasteiger partial charge in [-0.1, -0.05) is 34.8 Å². The Kier molecular flexibility index (Phi) is 5.82. The van der Waals surface area contributed by atoms with E-state index in [1.807, 2.05) is 0 Å². The van der Waals surface area contributed by atoms with E-state index < -0.39 is 16.9 Å². The highest BCUT2D eigenvalue weighted by Gasteiger charge is 2.19. The molecule has 0 bridgehead atoms. The van der Waals surface area contributed by atoms with E-state index in [-0.39, 0.29) is 27.3 Å². The smallest absolute Gasteiger partial charge is 0.271 e. The second kappa shape index (κ2) is 7.65. The number of pyridine rings is 1. The third-order valence-corrected chi connectivity index (χ3v) is 3.64. The number of benzene rings is 1. The molecule has 0 unspecified atom stereocenters. The van der Waals surface area contributed by atoms with Gasteiger partial charge in [-0.25, -0.2) is 4.98 Å². The number of rotatable bonds is 5. The van der Waals surface area contributed by atoms with Gasteiger partial charge in [0.05, 0.1) is 20.0 Å². The van der Waals surface area contributed by atoms with Gasteiger partial charge in [-0.15, -0.1) is 0 Å². The Labute approximate surface area is 151 Å². The molecule has 0 aliphatic carbocycles. The molecule has 0 fully saturated rings. The summed E-state index contributed by atoms with van der Waals surface area (Å²) >= 11 is 17.6. The van der Waals surface area contributed by atoms with Gasteiger partial charge in [-0.05, 0) is 19.1 Å². The van der Waals surface area contributed by atoms with Gasteiger partial charge in [-0.3, -0.25) is 14.9 Å². The topological polar surface area (TPSA) is 94.4 Å². The van der Waals surface area contributed by atoms with Crippen molar-refractivity contribution < 1.29 is 14.5 Å². The molecule has 1 N–H and O–H groups in total. The van der Waals surface area contributed by atoms with Crippen molar-refractivity contribution >= 4 is 52.2 Å². The van der Waals surface area contributed by atoms with Crippen LogP contribution in [-0.2, 0) is 4.79 Å². The van der Waals surface area contributed by atoms with Crippen LogP contribution >= 0.6 is 34.8 Å². The molecule has 1 aromatic heterocycles. The molecule has 2 rings (SSSR count). The molecule has 0 aliphatic heterocycles. The molecule has 24 heavy (non-hydrogen) atoms. The summed E-state index contributed by atoms with van der Waals surface area (Å²) in [6, 6.07) is 5.12. The first kappa shape index (κ1) is 18.3. The van der Waals surface area contributed by atoms with Crippen LogP contribution in [0, 0.1) is 10.1 Å². The largest absolute Gasteiger partial charge is 0.479 e. The first-order valence-electron chi connectivity index (χ1n) is 6.50. The van der Waals surface area contributed by atoms with Gasteiger partial charge >= 0.3 is 0 Å². The summed E-state index contributed by atoms with van der Waals surface area (Å²) in [6.45, 7) is 1.48. The highest BCUT2D eigenvalue weighted by atomic mass is 35.5. The summed E-state index contributed by atoms with van der Waals surface area (Å²) in [5.74, 6) is -0.252. The van der Waals surface area contributed by atoms with E-state index in [2.05, 4.69) is 10.3 Å². The lowest BCUT2D eigenvalue weighted by Gasteiger charge is -2.15. The summed E-state index contributed by atoms with van der Waals surface area (Å²) in [7, 11) is 0. The quantitative estimate of drug-likeness (QED) is 0.605. The predicted molar refractivity (Wildman–Crippen MR) is 91.1 cm³/mol. The maximum Gasteiger partial charge on any atom is 0.271 e. The minimum Gasteiger partial charge on any atom is -0.479 e. The SMILES string of the molecule is C[C@@H](Oc1ccc([N+](=O)[O-])cc1Cl)C(=O)Nc1ncc(Cl)cc1Cl. The van der Waals surface area contributed by atoms with Gasteiger partial charge in [0.15, 0.2) is 11.9 Å². The fraction of sp³-hybridized carbons (Fsp3) is 0.143.